The Hall–Kier alpha value is -1.96. The average molecular weight is 310 g/mol. The number of nitrogens with one attached hydrogen (secondary N) is 1. The number of amides is 4. The van der Waals surface area contributed by atoms with Crippen molar-refractivity contribution < 1.29 is 14.4 Å². The Morgan fingerprint density at radius 3 is 2.86 bits per heavy atom. The van der Waals surface area contributed by atoms with E-state index >= 15 is 0 Å². The molecule has 1 unspecified atom stereocenters. The molecule has 7 nitrogen and oxygen atoms in total. The molecule has 1 aromatic heterocycles. The zero-order valence-corrected chi connectivity index (χ0v) is 13.1. The predicted octanol–water partition coefficient (Wildman–Crippen LogP) is 0.913. The molecule has 1 aliphatic heterocycles. The smallest absolute Gasteiger partial charge is 0.324 e. The number of thiazole rings is 1. The number of likely N-dealkylation sites (N-methyl/N-ethyl adjacent to an activating group) is 1. The van der Waals surface area contributed by atoms with Crippen LogP contribution in [0.4, 0.5) is 4.79 Å². The molecule has 0 aliphatic carbocycles. The van der Waals surface area contributed by atoms with Crippen LogP contribution in [0.2, 0.25) is 0 Å². The van der Waals surface area contributed by atoms with Crippen LogP contribution in [0.1, 0.15) is 30.1 Å². The third-order valence-electron chi connectivity index (χ3n) is 3.42. The molecule has 8 heteroatoms. The van der Waals surface area contributed by atoms with E-state index in [1.54, 1.807) is 7.05 Å². The van der Waals surface area contributed by atoms with Crippen LogP contribution in [0, 0.1) is 6.92 Å². The molecular formula is C13H18N4O3S. The van der Waals surface area contributed by atoms with Crippen molar-refractivity contribution in [2.24, 2.45) is 0 Å². The lowest BCUT2D eigenvalue weighted by molar-refractivity contribution is -0.139. The lowest BCUT2D eigenvalue weighted by Crippen LogP contribution is -2.53. The van der Waals surface area contributed by atoms with Crippen molar-refractivity contribution in [3.05, 3.63) is 16.1 Å². The topological polar surface area (TPSA) is 82.6 Å². The molecule has 1 N–H and O–H groups in total. The lowest BCUT2D eigenvalue weighted by atomic mass is 10.2. The van der Waals surface area contributed by atoms with Crippen molar-refractivity contribution >= 4 is 29.2 Å². The molecular weight excluding hydrogens is 292 g/mol. The minimum Gasteiger partial charge on any atom is -0.337 e. The van der Waals surface area contributed by atoms with E-state index in [4.69, 9.17) is 0 Å². The molecule has 1 fully saturated rings. The van der Waals surface area contributed by atoms with E-state index < -0.39 is 6.03 Å². The van der Waals surface area contributed by atoms with Gasteiger partial charge in [0.1, 0.15) is 11.6 Å². The van der Waals surface area contributed by atoms with Crippen LogP contribution in [0.3, 0.4) is 0 Å². The zero-order chi connectivity index (χ0) is 15.6. The standard InChI is InChI=1S/C13H18N4O3S/c1-8-7-21-12(15-8)9(2)16(3)11(19)6-17-10(18)4-5-14-13(17)20/h7,9H,4-6H2,1-3H3,(H,14,20). The van der Waals surface area contributed by atoms with Crippen LogP contribution in [0.25, 0.3) is 0 Å². The van der Waals surface area contributed by atoms with Gasteiger partial charge in [-0.1, -0.05) is 0 Å². The molecule has 0 saturated carbocycles. The number of imide groups is 1. The Morgan fingerprint density at radius 1 is 1.57 bits per heavy atom. The SMILES string of the molecule is Cc1csc(C(C)N(C)C(=O)CN2C(=O)CCNC2=O)n1. The number of carbonyl (C=O) groups is 3. The highest BCUT2D eigenvalue weighted by Crippen LogP contribution is 2.22. The Labute approximate surface area is 126 Å². The van der Waals surface area contributed by atoms with Gasteiger partial charge in [-0.15, -0.1) is 11.3 Å². The van der Waals surface area contributed by atoms with Crippen LogP contribution >= 0.6 is 11.3 Å². The van der Waals surface area contributed by atoms with Crippen LogP contribution in [0.5, 0.6) is 0 Å². The average Bonchev–Trinajstić information content (AvgIpc) is 2.87. The summed E-state index contributed by atoms with van der Waals surface area (Å²) in [4.78, 5) is 42.4. The van der Waals surface area contributed by atoms with E-state index in [9.17, 15) is 14.4 Å². The molecule has 1 aromatic rings. The summed E-state index contributed by atoms with van der Waals surface area (Å²) >= 11 is 1.49. The molecule has 0 aromatic carbocycles. The number of rotatable bonds is 4. The van der Waals surface area contributed by atoms with Gasteiger partial charge in [-0.2, -0.15) is 0 Å². The second kappa shape index (κ2) is 6.21. The summed E-state index contributed by atoms with van der Waals surface area (Å²) in [5.74, 6) is -0.612. The van der Waals surface area contributed by atoms with Gasteiger partial charge in [-0.25, -0.2) is 9.78 Å². The quantitative estimate of drug-likeness (QED) is 0.896. The lowest BCUT2D eigenvalue weighted by Gasteiger charge is -2.29. The van der Waals surface area contributed by atoms with Gasteiger partial charge in [0.25, 0.3) is 0 Å². The molecule has 1 saturated heterocycles. The van der Waals surface area contributed by atoms with Crippen LogP contribution in [-0.4, -0.2) is 52.8 Å². The molecule has 2 heterocycles. The fraction of sp³-hybridized carbons (Fsp3) is 0.538. The molecule has 0 spiro atoms. The molecule has 114 valence electrons. The molecule has 1 atom stereocenters. The van der Waals surface area contributed by atoms with Gasteiger partial charge >= 0.3 is 6.03 Å². The number of nitrogens with zero attached hydrogens (tertiary/aromatic N) is 3. The summed E-state index contributed by atoms with van der Waals surface area (Å²) in [5.41, 5.74) is 0.910. The second-order valence-electron chi connectivity index (χ2n) is 4.97. The summed E-state index contributed by atoms with van der Waals surface area (Å²) in [6, 6.07) is -0.704. The van der Waals surface area contributed by atoms with Crippen LogP contribution in [-0.2, 0) is 9.59 Å². The number of aromatic nitrogens is 1. The Morgan fingerprint density at radius 2 is 2.29 bits per heavy atom. The van der Waals surface area contributed by atoms with Crippen LogP contribution < -0.4 is 5.32 Å². The maximum atomic E-state index is 12.3. The number of aryl methyl sites for hydroxylation is 1. The monoisotopic (exact) mass is 310 g/mol. The van der Waals surface area contributed by atoms with Gasteiger partial charge in [0.15, 0.2) is 0 Å². The first-order valence-electron chi connectivity index (χ1n) is 6.66. The predicted molar refractivity (Wildman–Crippen MR) is 77.8 cm³/mol. The molecule has 0 radical (unpaired) electrons. The number of hydrogen-bond donors (Lipinski definition) is 1. The maximum Gasteiger partial charge on any atom is 0.324 e. The van der Waals surface area contributed by atoms with E-state index in [1.165, 1.54) is 16.2 Å². The normalized spacial score (nSPS) is 16.6. The van der Waals surface area contributed by atoms with E-state index in [0.717, 1.165) is 15.6 Å². The van der Waals surface area contributed by atoms with Gasteiger partial charge in [0.05, 0.1) is 6.04 Å². The minimum absolute atomic E-state index is 0.195. The van der Waals surface area contributed by atoms with Crippen molar-refractivity contribution in [1.82, 2.24) is 20.1 Å². The molecule has 0 bridgehead atoms. The van der Waals surface area contributed by atoms with E-state index in [2.05, 4.69) is 10.3 Å². The van der Waals surface area contributed by atoms with Crippen molar-refractivity contribution in [3.8, 4) is 0 Å². The summed E-state index contributed by atoms with van der Waals surface area (Å²) in [5, 5.41) is 5.31. The first kappa shape index (κ1) is 15.4. The van der Waals surface area contributed by atoms with Crippen molar-refractivity contribution in [2.45, 2.75) is 26.3 Å². The number of hydrogen-bond acceptors (Lipinski definition) is 5. The van der Waals surface area contributed by atoms with E-state index in [-0.39, 0.29) is 30.8 Å². The minimum atomic E-state index is -0.509. The first-order valence-corrected chi connectivity index (χ1v) is 7.54. The first-order chi connectivity index (χ1) is 9.90. The highest BCUT2D eigenvalue weighted by Gasteiger charge is 2.30. The summed E-state index contributed by atoms with van der Waals surface area (Å²) in [6.07, 6.45) is 0.226. The third kappa shape index (κ3) is 3.38. The number of urea groups is 1. The summed E-state index contributed by atoms with van der Waals surface area (Å²) in [7, 11) is 1.65. The second-order valence-corrected chi connectivity index (χ2v) is 5.86. The third-order valence-corrected chi connectivity index (χ3v) is 4.56. The van der Waals surface area contributed by atoms with Crippen molar-refractivity contribution in [3.63, 3.8) is 0 Å². The molecule has 4 amide bonds. The van der Waals surface area contributed by atoms with Crippen molar-refractivity contribution in [2.75, 3.05) is 20.1 Å². The maximum absolute atomic E-state index is 12.3. The van der Waals surface area contributed by atoms with E-state index in [0.29, 0.717) is 6.54 Å². The summed E-state index contributed by atoms with van der Waals surface area (Å²) in [6.45, 7) is 3.85. The zero-order valence-electron chi connectivity index (χ0n) is 12.3. The molecule has 1 aliphatic rings. The van der Waals surface area contributed by atoms with E-state index in [1.807, 2.05) is 19.2 Å². The highest BCUT2D eigenvalue weighted by molar-refractivity contribution is 7.09. The molecule has 2 rings (SSSR count). The largest absolute Gasteiger partial charge is 0.337 e. The van der Waals surface area contributed by atoms with Gasteiger partial charge in [-0.05, 0) is 13.8 Å². The Balaban J connectivity index is 2.02. The van der Waals surface area contributed by atoms with Gasteiger partial charge in [0, 0.05) is 31.1 Å². The summed E-state index contributed by atoms with van der Waals surface area (Å²) < 4.78 is 0. The number of carbonyl (C=O) groups excluding carboxylic acids is 3. The fourth-order valence-corrected chi connectivity index (χ4v) is 2.87. The Bertz CT molecular complexity index is 556. The highest BCUT2D eigenvalue weighted by atomic mass is 32.1. The van der Waals surface area contributed by atoms with Crippen LogP contribution in [0.15, 0.2) is 5.38 Å². The molecule has 21 heavy (non-hydrogen) atoms. The Kier molecular flexibility index (Phi) is 4.56. The van der Waals surface area contributed by atoms with Gasteiger partial charge in [0.2, 0.25) is 11.8 Å². The fourth-order valence-electron chi connectivity index (χ4n) is 1.97. The van der Waals surface area contributed by atoms with Gasteiger partial charge < -0.3 is 10.2 Å². The van der Waals surface area contributed by atoms with Crippen molar-refractivity contribution in [1.29, 1.82) is 0 Å². The van der Waals surface area contributed by atoms with Gasteiger partial charge in [-0.3, -0.25) is 14.5 Å².